The summed E-state index contributed by atoms with van der Waals surface area (Å²) in [5.74, 6) is 0.457. The number of hydrogen-bond donors (Lipinski definition) is 1. The fraction of sp³-hybridized carbons (Fsp3) is 0.400. The third kappa shape index (κ3) is 4.57. The second kappa shape index (κ2) is 8.12. The van der Waals surface area contributed by atoms with Gasteiger partial charge in [0.1, 0.15) is 0 Å². The highest BCUT2D eigenvalue weighted by Gasteiger charge is 2.30. The summed E-state index contributed by atoms with van der Waals surface area (Å²) in [6.45, 7) is 3.50. The van der Waals surface area contributed by atoms with Crippen LogP contribution in [0.5, 0.6) is 0 Å². The zero-order chi connectivity index (χ0) is 17.6. The summed E-state index contributed by atoms with van der Waals surface area (Å²) in [6, 6.07) is 8.67. The van der Waals surface area contributed by atoms with Crippen LogP contribution in [0.15, 0.2) is 42.9 Å². The van der Waals surface area contributed by atoms with Gasteiger partial charge in [0, 0.05) is 26.3 Å². The minimum absolute atomic E-state index is 0.0189. The van der Waals surface area contributed by atoms with Gasteiger partial charge in [-0.3, -0.25) is 4.79 Å². The van der Waals surface area contributed by atoms with E-state index in [-0.39, 0.29) is 12.0 Å². The number of methoxy groups -OCH3 is 1. The van der Waals surface area contributed by atoms with Gasteiger partial charge in [-0.2, -0.15) is 0 Å². The number of amides is 1. The topological polar surface area (TPSA) is 58.2 Å². The van der Waals surface area contributed by atoms with Crippen molar-refractivity contribution in [3.63, 3.8) is 0 Å². The van der Waals surface area contributed by atoms with Crippen molar-refractivity contribution < 1.29 is 9.53 Å². The molecule has 5 heteroatoms. The number of carbonyl (C=O) groups is 1. The molecule has 1 fully saturated rings. The number of nitrogens with one attached hydrogen (secondary N) is 1. The van der Waals surface area contributed by atoms with Crippen molar-refractivity contribution >= 4 is 12.0 Å². The molecule has 0 radical (unpaired) electrons. The molecule has 0 saturated carbocycles. The van der Waals surface area contributed by atoms with E-state index in [0.29, 0.717) is 12.5 Å². The summed E-state index contributed by atoms with van der Waals surface area (Å²) in [7, 11) is 1.74. The molecule has 1 aliphatic heterocycles. The maximum Gasteiger partial charge on any atom is 0.246 e. The van der Waals surface area contributed by atoms with Crippen LogP contribution in [-0.4, -0.2) is 47.1 Å². The molecule has 0 unspecified atom stereocenters. The zero-order valence-corrected chi connectivity index (χ0v) is 14.8. The van der Waals surface area contributed by atoms with Gasteiger partial charge in [0.2, 0.25) is 5.91 Å². The number of aromatic nitrogens is 2. The van der Waals surface area contributed by atoms with E-state index in [1.807, 2.05) is 4.90 Å². The number of piperidine rings is 1. The van der Waals surface area contributed by atoms with Crippen LogP contribution in [-0.2, 0) is 16.0 Å². The molecule has 2 aromatic rings. The van der Waals surface area contributed by atoms with Crippen molar-refractivity contribution in [2.24, 2.45) is 5.92 Å². The smallest absolute Gasteiger partial charge is 0.246 e. The van der Waals surface area contributed by atoms with Crippen molar-refractivity contribution in [3.05, 3.63) is 59.7 Å². The number of rotatable bonds is 5. The monoisotopic (exact) mass is 339 g/mol. The van der Waals surface area contributed by atoms with E-state index in [0.717, 1.165) is 25.1 Å². The Morgan fingerprint density at radius 1 is 1.40 bits per heavy atom. The van der Waals surface area contributed by atoms with Crippen LogP contribution in [0.25, 0.3) is 6.08 Å². The average molecular weight is 339 g/mol. The average Bonchev–Trinajstić information content (AvgIpc) is 3.15. The normalized spacial score (nSPS) is 21.0. The predicted octanol–water partition coefficient (Wildman–Crippen LogP) is 2.84. The van der Waals surface area contributed by atoms with Crippen molar-refractivity contribution in [2.45, 2.75) is 25.9 Å². The number of H-pyrrole nitrogens is 1. The van der Waals surface area contributed by atoms with Gasteiger partial charge in [0.15, 0.2) is 0 Å². The summed E-state index contributed by atoms with van der Waals surface area (Å²) in [4.78, 5) is 21.2. The van der Waals surface area contributed by atoms with E-state index >= 15 is 0 Å². The number of imidazole rings is 1. The molecule has 1 aromatic carbocycles. The molecule has 2 heterocycles. The van der Waals surface area contributed by atoms with Crippen LogP contribution in [0, 0.1) is 12.8 Å². The first-order valence-electron chi connectivity index (χ1n) is 8.69. The van der Waals surface area contributed by atoms with Crippen LogP contribution < -0.4 is 0 Å². The zero-order valence-electron chi connectivity index (χ0n) is 14.8. The van der Waals surface area contributed by atoms with E-state index in [1.165, 1.54) is 11.1 Å². The van der Waals surface area contributed by atoms with Crippen molar-refractivity contribution in [3.8, 4) is 0 Å². The van der Waals surface area contributed by atoms with Crippen LogP contribution >= 0.6 is 0 Å². The first kappa shape index (κ1) is 17.4. The number of nitrogens with zero attached hydrogens (tertiary/aromatic N) is 2. The Balaban J connectivity index is 1.59. The second-order valence-corrected chi connectivity index (χ2v) is 6.64. The SMILES string of the molecule is CO[C@@H]1CN(C(=O)/C=C/c2cnc[nH]2)CC[C@@H]1Cc1ccc(C)cc1. The van der Waals surface area contributed by atoms with Crippen molar-refractivity contribution in [1.82, 2.24) is 14.9 Å². The molecule has 0 bridgehead atoms. The lowest BCUT2D eigenvalue weighted by Gasteiger charge is -2.37. The van der Waals surface area contributed by atoms with Gasteiger partial charge in [-0.1, -0.05) is 29.8 Å². The van der Waals surface area contributed by atoms with Gasteiger partial charge in [-0.25, -0.2) is 4.98 Å². The van der Waals surface area contributed by atoms with Crippen LogP contribution in [0.3, 0.4) is 0 Å². The van der Waals surface area contributed by atoms with Crippen LogP contribution in [0.2, 0.25) is 0 Å². The fourth-order valence-corrected chi connectivity index (χ4v) is 3.32. The number of ether oxygens (including phenoxy) is 1. The molecule has 132 valence electrons. The molecule has 2 atom stereocenters. The number of benzene rings is 1. The summed E-state index contributed by atoms with van der Waals surface area (Å²) in [6.07, 6.45) is 8.66. The highest BCUT2D eigenvalue weighted by atomic mass is 16.5. The Morgan fingerprint density at radius 3 is 2.88 bits per heavy atom. The number of hydrogen-bond acceptors (Lipinski definition) is 3. The van der Waals surface area contributed by atoms with E-state index in [4.69, 9.17) is 4.74 Å². The fourth-order valence-electron chi connectivity index (χ4n) is 3.32. The minimum atomic E-state index is 0.0189. The summed E-state index contributed by atoms with van der Waals surface area (Å²) in [5, 5.41) is 0. The Bertz CT molecular complexity index is 707. The lowest BCUT2D eigenvalue weighted by molar-refractivity contribution is -0.131. The molecule has 3 rings (SSSR count). The second-order valence-electron chi connectivity index (χ2n) is 6.64. The third-order valence-corrected chi connectivity index (χ3v) is 4.85. The van der Waals surface area contributed by atoms with E-state index < -0.39 is 0 Å². The molecule has 25 heavy (non-hydrogen) atoms. The van der Waals surface area contributed by atoms with Gasteiger partial charge >= 0.3 is 0 Å². The van der Waals surface area contributed by atoms with E-state index in [1.54, 1.807) is 31.8 Å². The van der Waals surface area contributed by atoms with Crippen LogP contribution in [0.4, 0.5) is 0 Å². The molecule has 1 aliphatic rings. The Hall–Kier alpha value is -2.40. The molecule has 5 nitrogen and oxygen atoms in total. The Morgan fingerprint density at radius 2 is 2.20 bits per heavy atom. The standard InChI is InChI=1S/C20H25N3O2/c1-15-3-5-16(6-4-15)11-17-9-10-23(13-19(17)25-2)20(24)8-7-18-12-21-14-22-18/h3-8,12,14,17,19H,9-11,13H2,1-2H3,(H,21,22)/b8-7+/t17-,19-/m1/s1. The highest BCUT2D eigenvalue weighted by Crippen LogP contribution is 2.24. The molecular weight excluding hydrogens is 314 g/mol. The van der Waals surface area contributed by atoms with Gasteiger partial charge in [0.25, 0.3) is 0 Å². The summed E-state index contributed by atoms with van der Waals surface area (Å²) >= 11 is 0. The van der Waals surface area contributed by atoms with E-state index in [9.17, 15) is 4.79 Å². The minimum Gasteiger partial charge on any atom is -0.379 e. The highest BCUT2D eigenvalue weighted by molar-refractivity contribution is 5.91. The van der Waals surface area contributed by atoms with Gasteiger partial charge < -0.3 is 14.6 Å². The first-order chi connectivity index (χ1) is 12.2. The number of carbonyl (C=O) groups excluding carboxylic acids is 1. The van der Waals surface area contributed by atoms with Gasteiger partial charge in [-0.05, 0) is 37.3 Å². The first-order valence-corrected chi connectivity index (χ1v) is 8.69. The molecule has 0 aliphatic carbocycles. The van der Waals surface area contributed by atoms with Crippen molar-refractivity contribution in [1.29, 1.82) is 0 Å². The molecule has 1 saturated heterocycles. The quantitative estimate of drug-likeness (QED) is 0.852. The number of aromatic amines is 1. The molecule has 0 spiro atoms. The molecule has 1 N–H and O–H groups in total. The Labute approximate surface area is 148 Å². The maximum atomic E-state index is 12.4. The largest absolute Gasteiger partial charge is 0.379 e. The number of aryl methyl sites for hydroxylation is 1. The lowest BCUT2D eigenvalue weighted by atomic mass is 9.87. The summed E-state index contributed by atoms with van der Waals surface area (Å²) < 4.78 is 5.70. The van der Waals surface area contributed by atoms with Gasteiger partial charge in [-0.15, -0.1) is 0 Å². The third-order valence-electron chi connectivity index (χ3n) is 4.85. The lowest BCUT2D eigenvalue weighted by Crippen LogP contribution is -2.47. The molecule has 1 aromatic heterocycles. The predicted molar refractivity (Wildman–Crippen MR) is 98.0 cm³/mol. The van der Waals surface area contributed by atoms with E-state index in [2.05, 4.69) is 41.2 Å². The molecule has 1 amide bonds. The Kier molecular flexibility index (Phi) is 5.66. The maximum absolute atomic E-state index is 12.4. The number of likely N-dealkylation sites (tertiary alicyclic amines) is 1. The van der Waals surface area contributed by atoms with Crippen LogP contribution in [0.1, 0.15) is 23.2 Å². The molecular formula is C20H25N3O2. The van der Waals surface area contributed by atoms with Crippen molar-refractivity contribution in [2.75, 3.05) is 20.2 Å². The van der Waals surface area contributed by atoms with Gasteiger partial charge in [0.05, 0.1) is 24.3 Å². The summed E-state index contributed by atoms with van der Waals surface area (Å²) in [5.41, 5.74) is 3.43.